The van der Waals surface area contributed by atoms with Crippen molar-refractivity contribution in [3.63, 3.8) is 0 Å². The van der Waals surface area contributed by atoms with Gasteiger partial charge in [0.15, 0.2) is 0 Å². The minimum absolute atomic E-state index is 1.25. The van der Waals surface area contributed by atoms with Crippen molar-refractivity contribution in [1.82, 2.24) is 0 Å². The number of hydrogen-bond acceptors (Lipinski definition) is 0. The van der Waals surface area contributed by atoms with Crippen LogP contribution < -0.4 is 0 Å². The van der Waals surface area contributed by atoms with E-state index in [9.17, 15) is 0 Å². The zero-order chi connectivity index (χ0) is 5.91. The quantitative estimate of drug-likeness (QED) is 0.699. The van der Waals surface area contributed by atoms with Gasteiger partial charge >= 0.3 is 58.2 Å². The average Bonchev–Trinajstić information content (AvgIpc) is 1.68. The summed E-state index contributed by atoms with van der Waals surface area (Å²) in [7, 11) is 2.29. The van der Waals surface area contributed by atoms with Gasteiger partial charge in [-0.1, -0.05) is 0 Å². The molecule has 0 aliphatic heterocycles. The second-order valence-corrected chi connectivity index (χ2v) is 5.44. The van der Waals surface area contributed by atoms with E-state index in [1.165, 1.54) is 37.3 Å². The van der Waals surface area contributed by atoms with Gasteiger partial charge in [-0.15, -0.1) is 0 Å². The first kappa shape index (κ1) is 7.70. The molecule has 1 nitrogen and oxygen atoms in total. The topological polar surface area (TPSA) is 0 Å². The summed E-state index contributed by atoms with van der Waals surface area (Å²) in [6.45, 7) is 7.04. The Morgan fingerprint density at radius 3 is 1.57 bits per heavy atom. The van der Waals surface area contributed by atoms with Crippen LogP contribution in [0.3, 0.4) is 0 Å². The summed E-state index contributed by atoms with van der Waals surface area (Å²) in [5.41, 5.74) is 0. The summed E-state index contributed by atoms with van der Waals surface area (Å²) in [5, 5.41) is 0. The number of nitrogens with zero attached hydrogens (tertiary/aromatic N) is 1. The van der Waals surface area contributed by atoms with Crippen molar-refractivity contribution in [2.45, 2.75) is 13.8 Å². The molecule has 42 valence electrons. The molecule has 0 N–H and O–H groups in total. The van der Waals surface area contributed by atoms with Gasteiger partial charge in [-0.2, -0.15) is 0 Å². The molecule has 0 aromatic heterocycles. The van der Waals surface area contributed by atoms with E-state index in [-0.39, 0.29) is 0 Å². The number of rotatable bonds is 2. The van der Waals surface area contributed by atoms with E-state index in [0.29, 0.717) is 0 Å². The molecule has 0 heterocycles. The molecule has 0 unspecified atom stereocenters. The van der Waals surface area contributed by atoms with E-state index in [2.05, 4.69) is 20.9 Å². The Morgan fingerprint density at radius 1 is 1.29 bits per heavy atom. The van der Waals surface area contributed by atoms with Gasteiger partial charge < -0.3 is 0 Å². The first-order valence-electron chi connectivity index (χ1n) is 2.69. The first-order valence-corrected chi connectivity index (χ1v) is 4.13. The van der Waals surface area contributed by atoms with Gasteiger partial charge in [0, 0.05) is 0 Å². The predicted molar refractivity (Wildman–Crippen MR) is 27.3 cm³/mol. The monoisotopic (exact) mass is 268 g/mol. The van der Waals surface area contributed by atoms with Crippen molar-refractivity contribution in [2.75, 3.05) is 20.1 Å². The van der Waals surface area contributed by atoms with Crippen molar-refractivity contribution >= 4 is 0 Å². The van der Waals surface area contributed by atoms with E-state index in [0.717, 1.165) is 0 Å². The normalized spacial score (nSPS) is 11.9. The third kappa shape index (κ3) is 3.30. The zero-order valence-electron chi connectivity index (χ0n) is 5.31. The molecular formula is C5H13NTa+. The molecule has 0 aliphatic carbocycles. The van der Waals surface area contributed by atoms with E-state index in [1.807, 2.05) is 0 Å². The third-order valence-corrected chi connectivity index (χ3v) is 3.39. The standard InChI is InChI=1S/C5H13N.Ta/c1-4-6(3)5-2;/h4-5H2,1-3H3;/q;+1. The van der Waals surface area contributed by atoms with E-state index in [1.54, 1.807) is 0 Å². The van der Waals surface area contributed by atoms with Crippen LogP contribution in [0.1, 0.15) is 13.8 Å². The summed E-state index contributed by atoms with van der Waals surface area (Å²) in [5.74, 6) is 0. The number of hydrogen-bond donors (Lipinski definition) is 0. The molecule has 0 aromatic rings. The second kappa shape index (κ2) is 2.88. The van der Waals surface area contributed by atoms with Gasteiger partial charge in [0.1, 0.15) is 0 Å². The molecule has 0 bridgehead atoms. The van der Waals surface area contributed by atoms with Crippen LogP contribution in [0.2, 0.25) is 0 Å². The van der Waals surface area contributed by atoms with Gasteiger partial charge in [0.2, 0.25) is 0 Å². The summed E-state index contributed by atoms with van der Waals surface area (Å²) in [6.07, 6.45) is 0. The van der Waals surface area contributed by atoms with Crippen LogP contribution in [0.25, 0.3) is 0 Å². The van der Waals surface area contributed by atoms with E-state index < -0.39 is 0 Å². The van der Waals surface area contributed by atoms with E-state index in [4.69, 9.17) is 0 Å². The molecule has 0 atom stereocenters. The molecule has 2 heteroatoms. The SMILES string of the molecule is CC[N+](C)([Ta])CC. The minimum atomic E-state index is 1.25. The van der Waals surface area contributed by atoms with Crippen molar-refractivity contribution in [1.29, 1.82) is 0 Å². The summed E-state index contributed by atoms with van der Waals surface area (Å²) in [6, 6.07) is 0. The second-order valence-electron chi connectivity index (χ2n) is 1.97. The molecule has 0 fully saturated rings. The zero-order valence-corrected chi connectivity index (χ0v) is 8.52. The van der Waals surface area contributed by atoms with Crippen LogP contribution >= 0.6 is 0 Å². The van der Waals surface area contributed by atoms with Crippen LogP contribution in [-0.4, -0.2) is 23.0 Å². The molecular weight excluding hydrogens is 255 g/mol. The fraction of sp³-hybridized carbons (Fsp3) is 1.00. The van der Waals surface area contributed by atoms with Crippen LogP contribution in [0.5, 0.6) is 0 Å². The Balaban J connectivity index is 3.36. The molecule has 0 aliphatic rings. The maximum absolute atomic E-state index is 2.29. The maximum atomic E-state index is 2.29. The Kier molecular flexibility index (Phi) is 3.16. The molecule has 0 spiro atoms. The Hall–Kier alpha value is 0.700. The molecule has 0 amide bonds. The van der Waals surface area contributed by atoms with Crippen LogP contribution in [0, 0.1) is 0 Å². The molecule has 0 rings (SSSR count). The molecule has 0 aromatic carbocycles. The third-order valence-electron chi connectivity index (χ3n) is 1.36. The summed E-state index contributed by atoms with van der Waals surface area (Å²) >= 11 is 1.48. The first-order chi connectivity index (χ1) is 3.12. The van der Waals surface area contributed by atoms with Crippen molar-refractivity contribution in [3.8, 4) is 0 Å². The Labute approximate surface area is 58.5 Å². The van der Waals surface area contributed by atoms with Crippen LogP contribution in [0.4, 0.5) is 0 Å². The predicted octanol–water partition coefficient (Wildman–Crippen LogP) is 0.935. The van der Waals surface area contributed by atoms with Crippen molar-refractivity contribution < 1.29 is 24.2 Å². The Morgan fingerprint density at radius 2 is 1.57 bits per heavy atom. The Bertz CT molecular complexity index is 46.0. The fourth-order valence-corrected chi connectivity index (χ4v) is 0.224. The van der Waals surface area contributed by atoms with Gasteiger partial charge in [-0.3, -0.25) is 0 Å². The van der Waals surface area contributed by atoms with Crippen LogP contribution in [-0.2, 0) is 21.3 Å². The van der Waals surface area contributed by atoms with Gasteiger partial charge in [0.05, 0.1) is 0 Å². The van der Waals surface area contributed by atoms with Gasteiger partial charge in [0.25, 0.3) is 0 Å². The van der Waals surface area contributed by atoms with Crippen molar-refractivity contribution in [2.24, 2.45) is 0 Å². The summed E-state index contributed by atoms with van der Waals surface area (Å²) in [4.78, 5) is 0. The van der Waals surface area contributed by atoms with Gasteiger partial charge in [-0.05, 0) is 0 Å². The van der Waals surface area contributed by atoms with E-state index >= 15 is 0 Å². The van der Waals surface area contributed by atoms with Gasteiger partial charge in [-0.25, -0.2) is 0 Å². The molecule has 0 saturated heterocycles. The molecule has 7 heavy (non-hydrogen) atoms. The fourth-order valence-electron chi connectivity index (χ4n) is 0.224. The van der Waals surface area contributed by atoms with Crippen molar-refractivity contribution in [3.05, 3.63) is 0 Å². The average molecular weight is 268 g/mol. The number of quaternary nitrogens is 1. The van der Waals surface area contributed by atoms with Crippen LogP contribution in [0.15, 0.2) is 0 Å². The molecule has 0 radical (unpaired) electrons. The molecule has 0 saturated carbocycles. The summed E-state index contributed by atoms with van der Waals surface area (Å²) < 4.78 is 1.25.